The van der Waals surface area contributed by atoms with Crippen LogP contribution < -0.4 is 9.80 Å². The third kappa shape index (κ3) is 2.69. The number of nitrogens with zero attached hydrogens (tertiary/aromatic N) is 4. The molecular weight excluding hydrogens is 329 g/mol. The van der Waals surface area contributed by atoms with Gasteiger partial charge in [-0.05, 0) is 37.5 Å². The van der Waals surface area contributed by atoms with E-state index in [1.165, 1.54) is 36.6 Å². The van der Waals surface area contributed by atoms with Crippen molar-refractivity contribution in [1.82, 2.24) is 15.0 Å². The van der Waals surface area contributed by atoms with Crippen LogP contribution >= 0.6 is 0 Å². The molecule has 6 heteroatoms. The van der Waals surface area contributed by atoms with Crippen LogP contribution in [0.25, 0.3) is 10.9 Å². The Balaban J connectivity index is 1.39. The molecule has 0 atom stereocenters. The van der Waals surface area contributed by atoms with E-state index in [2.05, 4.69) is 24.8 Å². The summed E-state index contributed by atoms with van der Waals surface area (Å²) in [6.07, 6.45) is 8.48. The number of benzene rings is 1. The van der Waals surface area contributed by atoms with E-state index >= 15 is 0 Å². The fourth-order valence-corrected chi connectivity index (χ4v) is 4.15. The Hall–Kier alpha value is -2.63. The van der Waals surface area contributed by atoms with Crippen molar-refractivity contribution in [2.45, 2.75) is 32.2 Å². The van der Waals surface area contributed by atoms with Gasteiger partial charge < -0.3 is 14.8 Å². The Kier molecular flexibility index (Phi) is 3.76. The predicted molar refractivity (Wildman–Crippen MR) is 101 cm³/mol. The highest BCUT2D eigenvalue weighted by Crippen LogP contribution is 2.30. The Morgan fingerprint density at radius 2 is 1.69 bits per heavy atom. The molecule has 2 aliphatic rings. The van der Waals surface area contributed by atoms with Gasteiger partial charge in [0.25, 0.3) is 0 Å². The zero-order valence-corrected chi connectivity index (χ0v) is 14.7. The van der Waals surface area contributed by atoms with Crippen LogP contribution in [0.5, 0.6) is 0 Å². The summed E-state index contributed by atoms with van der Waals surface area (Å²) >= 11 is 0. The van der Waals surface area contributed by atoms with Crippen molar-refractivity contribution in [2.24, 2.45) is 0 Å². The van der Waals surface area contributed by atoms with Gasteiger partial charge >= 0.3 is 0 Å². The Bertz CT molecular complexity index is 927. The number of aromatic amines is 1. The number of hydrogen-bond donors (Lipinski definition) is 1. The van der Waals surface area contributed by atoms with E-state index in [1.54, 1.807) is 6.07 Å². The molecule has 0 bridgehead atoms. The van der Waals surface area contributed by atoms with Gasteiger partial charge in [-0.15, -0.1) is 0 Å². The molecule has 1 N–H and O–H groups in total. The Morgan fingerprint density at radius 1 is 0.923 bits per heavy atom. The van der Waals surface area contributed by atoms with Gasteiger partial charge in [0.1, 0.15) is 17.5 Å². The summed E-state index contributed by atoms with van der Waals surface area (Å²) in [5.41, 5.74) is 3.33. The first-order chi connectivity index (χ1) is 12.8. The smallest absolute Gasteiger partial charge is 0.147 e. The highest BCUT2D eigenvalue weighted by atomic mass is 19.1. The minimum Gasteiger partial charge on any atom is -0.358 e. The van der Waals surface area contributed by atoms with Gasteiger partial charge in [-0.25, -0.2) is 14.4 Å². The van der Waals surface area contributed by atoms with E-state index in [-0.39, 0.29) is 5.82 Å². The summed E-state index contributed by atoms with van der Waals surface area (Å²) < 4.78 is 13.5. The summed E-state index contributed by atoms with van der Waals surface area (Å²) in [6.45, 7) is 3.82. The number of H-pyrrole nitrogens is 1. The Morgan fingerprint density at radius 3 is 2.46 bits per heavy atom. The van der Waals surface area contributed by atoms with Crippen LogP contribution in [0.4, 0.5) is 16.0 Å². The molecule has 0 saturated carbocycles. The summed E-state index contributed by atoms with van der Waals surface area (Å²) in [5, 5.41) is 1.10. The summed E-state index contributed by atoms with van der Waals surface area (Å²) in [6, 6.07) is 4.97. The highest BCUT2D eigenvalue weighted by Gasteiger charge is 2.22. The fourth-order valence-electron chi connectivity index (χ4n) is 4.15. The lowest BCUT2D eigenvalue weighted by Gasteiger charge is -2.30. The van der Waals surface area contributed by atoms with Crippen LogP contribution in [-0.4, -0.2) is 34.6 Å². The van der Waals surface area contributed by atoms with E-state index in [9.17, 15) is 4.39 Å². The van der Waals surface area contributed by atoms with Gasteiger partial charge in [-0.2, -0.15) is 0 Å². The normalized spacial score (nSPS) is 17.6. The lowest BCUT2D eigenvalue weighted by Crippen LogP contribution is -2.32. The number of hydrogen-bond acceptors (Lipinski definition) is 4. The molecule has 1 saturated heterocycles. The summed E-state index contributed by atoms with van der Waals surface area (Å²) in [4.78, 5) is 17.3. The van der Waals surface area contributed by atoms with Gasteiger partial charge in [0.05, 0.1) is 12.4 Å². The number of piperidine rings is 1. The molecule has 0 amide bonds. The zero-order chi connectivity index (χ0) is 17.5. The first-order valence-electron chi connectivity index (χ1n) is 9.39. The minimum atomic E-state index is -0.202. The molecule has 2 aliphatic heterocycles. The van der Waals surface area contributed by atoms with E-state index < -0.39 is 0 Å². The number of nitrogens with one attached hydrogen (secondary N) is 1. The third-order valence-electron chi connectivity index (χ3n) is 5.57. The van der Waals surface area contributed by atoms with Crippen molar-refractivity contribution >= 4 is 22.5 Å². The molecule has 2 aromatic heterocycles. The predicted octanol–water partition coefficient (Wildman–Crippen LogP) is 3.65. The molecule has 5 nitrogen and oxygen atoms in total. The number of aromatic nitrogens is 3. The van der Waals surface area contributed by atoms with Crippen LogP contribution in [0.1, 0.15) is 30.5 Å². The highest BCUT2D eigenvalue weighted by molar-refractivity contribution is 5.85. The number of fused-ring (bicyclic) bond motifs is 3. The lowest BCUT2D eigenvalue weighted by atomic mass is 10.0. The second kappa shape index (κ2) is 6.27. The topological polar surface area (TPSA) is 48.1 Å². The van der Waals surface area contributed by atoms with Crippen LogP contribution in [0.3, 0.4) is 0 Å². The SMILES string of the molecule is Fc1ccc2c3c([nH]c2c1)CCN(c1cnc(N2CCCCC2)cn1)C3. The van der Waals surface area contributed by atoms with Crippen molar-refractivity contribution in [3.8, 4) is 0 Å². The van der Waals surface area contributed by atoms with Gasteiger partial charge in [0.15, 0.2) is 0 Å². The molecule has 0 aliphatic carbocycles. The second-order valence-corrected chi connectivity index (χ2v) is 7.22. The average molecular weight is 351 g/mol. The van der Waals surface area contributed by atoms with Crippen LogP contribution in [-0.2, 0) is 13.0 Å². The summed E-state index contributed by atoms with van der Waals surface area (Å²) in [7, 11) is 0. The lowest BCUT2D eigenvalue weighted by molar-refractivity contribution is 0.572. The first-order valence-corrected chi connectivity index (χ1v) is 9.39. The molecule has 26 heavy (non-hydrogen) atoms. The van der Waals surface area contributed by atoms with Crippen molar-refractivity contribution in [3.63, 3.8) is 0 Å². The van der Waals surface area contributed by atoms with Crippen molar-refractivity contribution < 1.29 is 4.39 Å². The molecule has 0 radical (unpaired) electrons. The maximum Gasteiger partial charge on any atom is 0.147 e. The molecule has 0 spiro atoms. The first kappa shape index (κ1) is 15.6. The minimum absolute atomic E-state index is 0.202. The molecule has 1 aromatic carbocycles. The monoisotopic (exact) mass is 351 g/mol. The Labute approximate surface area is 151 Å². The standard InChI is InChI=1S/C20H22FN5/c21-14-4-5-15-16-13-26(9-6-17(16)24-18(15)10-14)20-12-22-19(11-23-20)25-7-2-1-3-8-25/h4-5,10-12,24H,1-3,6-9,13H2. The number of anilines is 2. The van der Waals surface area contributed by atoms with E-state index in [4.69, 9.17) is 0 Å². The second-order valence-electron chi connectivity index (χ2n) is 7.22. The average Bonchev–Trinajstić information content (AvgIpc) is 3.05. The molecular formula is C20H22FN5. The van der Waals surface area contributed by atoms with Gasteiger partial charge in [-0.1, -0.05) is 0 Å². The maximum absolute atomic E-state index is 13.5. The molecule has 1 fully saturated rings. The van der Waals surface area contributed by atoms with Gasteiger partial charge in [0, 0.05) is 54.8 Å². The summed E-state index contributed by atoms with van der Waals surface area (Å²) in [5.74, 6) is 1.69. The van der Waals surface area contributed by atoms with Crippen LogP contribution in [0.15, 0.2) is 30.6 Å². The van der Waals surface area contributed by atoms with Crippen molar-refractivity contribution in [3.05, 3.63) is 47.7 Å². The van der Waals surface area contributed by atoms with Crippen LogP contribution in [0, 0.1) is 5.82 Å². The van der Waals surface area contributed by atoms with E-state index in [1.807, 2.05) is 18.5 Å². The quantitative estimate of drug-likeness (QED) is 0.766. The van der Waals surface area contributed by atoms with Crippen molar-refractivity contribution in [1.29, 1.82) is 0 Å². The largest absolute Gasteiger partial charge is 0.358 e. The fraction of sp³-hybridized carbons (Fsp3) is 0.400. The molecule has 3 aromatic rings. The third-order valence-corrected chi connectivity index (χ3v) is 5.57. The van der Waals surface area contributed by atoms with Crippen LogP contribution in [0.2, 0.25) is 0 Å². The van der Waals surface area contributed by atoms with E-state index in [0.29, 0.717) is 0 Å². The molecule has 0 unspecified atom stereocenters. The zero-order valence-electron chi connectivity index (χ0n) is 14.7. The van der Waals surface area contributed by atoms with E-state index in [0.717, 1.165) is 55.1 Å². The molecule has 134 valence electrons. The number of rotatable bonds is 2. The van der Waals surface area contributed by atoms with Gasteiger partial charge in [0.2, 0.25) is 0 Å². The molecule has 5 rings (SSSR count). The maximum atomic E-state index is 13.5. The van der Waals surface area contributed by atoms with Crippen molar-refractivity contribution in [2.75, 3.05) is 29.4 Å². The van der Waals surface area contributed by atoms with Gasteiger partial charge in [-0.3, -0.25) is 0 Å². The number of halogens is 1. The molecule has 4 heterocycles.